The van der Waals surface area contributed by atoms with Crippen molar-refractivity contribution in [2.45, 2.75) is 25.5 Å². The monoisotopic (exact) mass is 148 g/mol. The smallest absolute Gasteiger partial charge is 0.173 e. The lowest BCUT2D eigenvalue weighted by atomic mass is 10.4. The molecule has 0 amide bonds. The molecule has 0 aliphatic carbocycles. The summed E-state index contributed by atoms with van der Waals surface area (Å²) in [5, 5.41) is 0.733. The van der Waals surface area contributed by atoms with E-state index >= 15 is 0 Å². The molecule has 3 heteroatoms. The van der Waals surface area contributed by atoms with Gasteiger partial charge in [-0.05, 0) is 13.3 Å². The molecule has 2 nitrogen and oxygen atoms in total. The van der Waals surface area contributed by atoms with Gasteiger partial charge in [-0.15, -0.1) is 0 Å². The second-order valence-electron chi connectivity index (χ2n) is 1.97. The Morgan fingerprint density at radius 3 is 2.22 bits per heavy atom. The molecule has 0 aromatic rings. The maximum Gasteiger partial charge on any atom is 0.173 e. The number of rotatable bonds is 3. The van der Waals surface area contributed by atoms with E-state index in [1.807, 2.05) is 6.92 Å². The average molecular weight is 148 g/mol. The minimum absolute atomic E-state index is 0.282. The first kappa shape index (κ1) is 8.69. The second-order valence-corrected chi connectivity index (χ2v) is 4.29. The highest BCUT2D eigenvalue weighted by molar-refractivity contribution is 7.94. The van der Waals surface area contributed by atoms with E-state index in [1.165, 1.54) is 0 Å². The van der Waals surface area contributed by atoms with Gasteiger partial charge in [0.05, 0.1) is 5.25 Å². The van der Waals surface area contributed by atoms with Crippen LogP contribution in [0.25, 0.3) is 0 Å². The van der Waals surface area contributed by atoms with Crippen molar-refractivity contribution >= 4 is 9.84 Å². The van der Waals surface area contributed by atoms with E-state index in [0.717, 1.165) is 5.41 Å². The standard InChI is InChI=1S/C6H12O2S/c1-4-6(3)9(7,8)5-2/h5-6H,2,4H2,1,3H3. The molecule has 0 radical (unpaired) electrons. The van der Waals surface area contributed by atoms with E-state index in [2.05, 4.69) is 6.58 Å². The summed E-state index contributed by atoms with van der Waals surface area (Å²) in [6.45, 7) is 6.73. The van der Waals surface area contributed by atoms with Crippen LogP contribution in [0.15, 0.2) is 12.0 Å². The molecule has 0 N–H and O–H groups in total. The van der Waals surface area contributed by atoms with Crippen LogP contribution in [0.5, 0.6) is 0 Å². The quantitative estimate of drug-likeness (QED) is 0.605. The van der Waals surface area contributed by atoms with Crippen molar-refractivity contribution < 1.29 is 8.42 Å². The highest BCUT2D eigenvalue weighted by atomic mass is 32.2. The van der Waals surface area contributed by atoms with E-state index < -0.39 is 9.84 Å². The molecule has 0 bridgehead atoms. The zero-order valence-electron chi connectivity index (χ0n) is 5.79. The van der Waals surface area contributed by atoms with Gasteiger partial charge in [0.2, 0.25) is 0 Å². The van der Waals surface area contributed by atoms with Crippen LogP contribution in [0.4, 0.5) is 0 Å². The molecule has 0 heterocycles. The molecule has 1 unspecified atom stereocenters. The highest BCUT2D eigenvalue weighted by Gasteiger charge is 2.13. The first-order valence-corrected chi connectivity index (χ1v) is 4.52. The molecule has 0 spiro atoms. The van der Waals surface area contributed by atoms with Gasteiger partial charge in [-0.2, -0.15) is 0 Å². The van der Waals surface area contributed by atoms with Gasteiger partial charge in [-0.25, -0.2) is 8.42 Å². The van der Waals surface area contributed by atoms with Crippen LogP contribution < -0.4 is 0 Å². The molecule has 1 atom stereocenters. The molecule has 0 saturated carbocycles. The molecular formula is C6H12O2S. The summed E-state index contributed by atoms with van der Waals surface area (Å²) in [6, 6.07) is 0. The molecule has 0 fully saturated rings. The Morgan fingerprint density at radius 1 is 1.67 bits per heavy atom. The molecule has 0 aliphatic heterocycles. The van der Waals surface area contributed by atoms with Crippen molar-refractivity contribution in [3.05, 3.63) is 12.0 Å². The zero-order chi connectivity index (χ0) is 7.49. The van der Waals surface area contributed by atoms with Crippen molar-refractivity contribution in [2.24, 2.45) is 0 Å². The average Bonchev–Trinajstić information content (AvgIpc) is 1.86. The van der Waals surface area contributed by atoms with Gasteiger partial charge < -0.3 is 0 Å². The van der Waals surface area contributed by atoms with Crippen molar-refractivity contribution in [3.8, 4) is 0 Å². The fraction of sp³-hybridized carbons (Fsp3) is 0.667. The lowest BCUT2D eigenvalue weighted by Gasteiger charge is -2.03. The summed E-state index contributed by atoms with van der Waals surface area (Å²) in [7, 11) is -2.98. The van der Waals surface area contributed by atoms with Crippen molar-refractivity contribution in [1.29, 1.82) is 0 Å². The molecule has 0 aliphatic rings. The van der Waals surface area contributed by atoms with Crippen molar-refractivity contribution in [2.75, 3.05) is 0 Å². The molecular weight excluding hydrogens is 136 g/mol. The van der Waals surface area contributed by atoms with Gasteiger partial charge in [-0.3, -0.25) is 0 Å². The minimum Gasteiger partial charge on any atom is -0.224 e. The van der Waals surface area contributed by atoms with Gasteiger partial charge in [0.25, 0.3) is 0 Å². The fourth-order valence-corrected chi connectivity index (χ4v) is 1.19. The number of hydrogen-bond acceptors (Lipinski definition) is 2. The van der Waals surface area contributed by atoms with E-state index in [9.17, 15) is 8.42 Å². The first-order chi connectivity index (χ1) is 4.04. The summed E-state index contributed by atoms with van der Waals surface area (Å²) >= 11 is 0. The number of sulfone groups is 1. The third-order valence-electron chi connectivity index (χ3n) is 1.37. The van der Waals surface area contributed by atoms with Gasteiger partial charge in [0.1, 0.15) is 0 Å². The molecule has 9 heavy (non-hydrogen) atoms. The van der Waals surface area contributed by atoms with Crippen LogP contribution in [0.3, 0.4) is 0 Å². The molecule has 0 saturated heterocycles. The zero-order valence-corrected chi connectivity index (χ0v) is 6.61. The Hall–Kier alpha value is -0.310. The van der Waals surface area contributed by atoms with Gasteiger partial charge in [-0.1, -0.05) is 13.5 Å². The van der Waals surface area contributed by atoms with E-state index in [1.54, 1.807) is 6.92 Å². The Labute approximate surface area is 56.5 Å². The minimum atomic E-state index is -2.98. The van der Waals surface area contributed by atoms with Crippen LogP contribution in [0, 0.1) is 0 Å². The number of hydrogen-bond donors (Lipinski definition) is 0. The van der Waals surface area contributed by atoms with Gasteiger partial charge >= 0.3 is 0 Å². The highest BCUT2D eigenvalue weighted by Crippen LogP contribution is 2.05. The fourth-order valence-electron chi connectivity index (χ4n) is 0.397. The largest absolute Gasteiger partial charge is 0.224 e. The Bertz CT molecular complexity index is 179. The van der Waals surface area contributed by atoms with Crippen LogP contribution in [0.2, 0.25) is 0 Å². The summed E-state index contributed by atoms with van der Waals surface area (Å²) in [4.78, 5) is 0. The normalized spacial score (nSPS) is 14.9. The van der Waals surface area contributed by atoms with Crippen LogP contribution >= 0.6 is 0 Å². The Balaban J connectivity index is 4.35. The topological polar surface area (TPSA) is 34.1 Å². The van der Waals surface area contributed by atoms with Crippen LogP contribution in [0.1, 0.15) is 20.3 Å². The van der Waals surface area contributed by atoms with E-state index in [4.69, 9.17) is 0 Å². The van der Waals surface area contributed by atoms with Crippen LogP contribution in [-0.4, -0.2) is 13.7 Å². The van der Waals surface area contributed by atoms with E-state index in [0.29, 0.717) is 6.42 Å². The Morgan fingerprint density at radius 2 is 2.11 bits per heavy atom. The maximum atomic E-state index is 10.8. The van der Waals surface area contributed by atoms with Crippen molar-refractivity contribution in [3.63, 3.8) is 0 Å². The van der Waals surface area contributed by atoms with Gasteiger partial charge in [0.15, 0.2) is 9.84 Å². The maximum absolute atomic E-state index is 10.8. The third kappa shape index (κ3) is 2.18. The molecule has 54 valence electrons. The third-order valence-corrected chi connectivity index (χ3v) is 3.29. The summed E-state index contributed by atoms with van der Waals surface area (Å²) < 4.78 is 21.6. The van der Waals surface area contributed by atoms with E-state index in [-0.39, 0.29) is 5.25 Å². The predicted octanol–water partition coefficient (Wildman–Crippen LogP) is 1.34. The lowest BCUT2D eigenvalue weighted by Crippen LogP contribution is -2.12. The molecule has 0 aromatic carbocycles. The van der Waals surface area contributed by atoms with Crippen LogP contribution in [-0.2, 0) is 9.84 Å². The molecule has 0 rings (SSSR count). The SMILES string of the molecule is C=CS(=O)(=O)C(C)CC. The lowest BCUT2D eigenvalue weighted by molar-refractivity contribution is 0.590. The van der Waals surface area contributed by atoms with Crippen molar-refractivity contribution in [1.82, 2.24) is 0 Å². The Kier molecular flexibility index (Phi) is 2.91. The summed E-state index contributed by atoms with van der Waals surface area (Å²) in [5.41, 5.74) is 0. The predicted molar refractivity (Wildman–Crippen MR) is 38.9 cm³/mol. The summed E-state index contributed by atoms with van der Waals surface area (Å²) in [6.07, 6.45) is 0.647. The van der Waals surface area contributed by atoms with Gasteiger partial charge in [0, 0.05) is 5.41 Å². The summed E-state index contributed by atoms with van der Waals surface area (Å²) in [5.74, 6) is 0. The first-order valence-electron chi connectivity index (χ1n) is 2.91. The second kappa shape index (κ2) is 3.01. The molecule has 0 aromatic heterocycles.